The van der Waals surface area contributed by atoms with Gasteiger partial charge in [-0.2, -0.15) is 4.37 Å². The summed E-state index contributed by atoms with van der Waals surface area (Å²) in [7, 11) is 0. The Balaban J connectivity index is 1.40. The number of hydrogen-bond acceptors (Lipinski definition) is 6. The van der Waals surface area contributed by atoms with Gasteiger partial charge in [-0.05, 0) is 37.5 Å². The van der Waals surface area contributed by atoms with Crippen molar-refractivity contribution in [2.24, 2.45) is 0 Å². The summed E-state index contributed by atoms with van der Waals surface area (Å²) in [5, 5.41) is 3.79. The van der Waals surface area contributed by atoms with E-state index in [1.165, 1.54) is 22.7 Å². The maximum absolute atomic E-state index is 12.6. The second-order valence-electron chi connectivity index (χ2n) is 6.80. The second kappa shape index (κ2) is 7.92. The molecule has 4 rings (SSSR count). The van der Waals surface area contributed by atoms with E-state index in [0.717, 1.165) is 36.1 Å². The molecule has 1 amide bonds. The second-order valence-corrected chi connectivity index (χ2v) is 7.53. The molecular weight excluding hydrogens is 360 g/mol. The standard InChI is InChI=1S/C20H22N4O2S/c1-14-6-8-15(9-7-14)12-18-22-20(27-23-18)24-10-2-5-17(24)19(25)21-13-16-4-3-11-26-16/h3-4,6-9,11,17H,2,5,10,12-13H2,1H3,(H,21,25). The number of carbonyl (C=O) groups excluding carboxylic acids is 1. The van der Waals surface area contributed by atoms with Gasteiger partial charge in [0.15, 0.2) is 0 Å². The van der Waals surface area contributed by atoms with E-state index in [2.05, 4.69) is 50.8 Å². The number of anilines is 1. The van der Waals surface area contributed by atoms with E-state index < -0.39 is 0 Å². The molecule has 1 aliphatic heterocycles. The summed E-state index contributed by atoms with van der Waals surface area (Å²) >= 11 is 1.37. The van der Waals surface area contributed by atoms with E-state index in [1.54, 1.807) is 6.26 Å². The highest BCUT2D eigenvalue weighted by Gasteiger charge is 2.32. The van der Waals surface area contributed by atoms with Crippen LogP contribution < -0.4 is 10.2 Å². The van der Waals surface area contributed by atoms with E-state index in [4.69, 9.17) is 4.42 Å². The fourth-order valence-electron chi connectivity index (χ4n) is 3.30. The van der Waals surface area contributed by atoms with Crippen molar-refractivity contribution in [3.05, 3.63) is 65.4 Å². The van der Waals surface area contributed by atoms with Crippen LogP contribution in [0.4, 0.5) is 5.13 Å². The molecule has 1 aromatic carbocycles. The van der Waals surface area contributed by atoms with Gasteiger partial charge in [-0.1, -0.05) is 29.8 Å². The van der Waals surface area contributed by atoms with Crippen LogP contribution in [0.5, 0.6) is 0 Å². The van der Waals surface area contributed by atoms with Crippen LogP contribution in [0.1, 0.15) is 35.6 Å². The monoisotopic (exact) mass is 382 g/mol. The molecule has 2 aromatic heterocycles. The van der Waals surface area contributed by atoms with Crippen LogP contribution in [0.2, 0.25) is 0 Å². The molecule has 0 saturated carbocycles. The minimum Gasteiger partial charge on any atom is -0.467 e. The Bertz CT molecular complexity index is 889. The number of furan rings is 1. The summed E-state index contributed by atoms with van der Waals surface area (Å²) in [5.41, 5.74) is 2.44. The van der Waals surface area contributed by atoms with Crippen LogP contribution in [0.15, 0.2) is 47.1 Å². The number of nitrogens with one attached hydrogen (secondary N) is 1. The van der Waals surface area contributed by atoms with Gasteiger partial charge in [-0.3, -0.25) is 4.79 Å². The van der Waals surface area contributed by atoms with E-state index in [-0.39, 0.29) is 11.9 Å². The predicted molar refractivity (Wildman–Crippen MR) is 105 cm³/mol. The van der Waals surface area contributed by atoms with Crippen molar-refractivity contribution in [1.82, 2.24) is 14.7 Å². The lowest BCUT2D eigenvalue weighted by atomic mass is 10.1. The van der Waals surface area contributed by atoms with Crippen molar-refractivity contribution in [3.8, 4) is 0 Å². The highest BCUT2D eigenvalue weighted by atomic mass is 32.1. The maximum atomic E-state index is 12.6. The maximum Gasteiger partial charge on any atom is 0.243 e. The first kappa shape index (κ1) is 17.7. The number of amides is 1. The average Bonchev–Trinajstić information content (AvgIpc) is 3.43. The number of aryl methyl sites for hydroxylation is 1. The highest BCUT2D eigenvalue weighted by molar-refractivity contribution is 7.09. The predicted octanol–water partition coefficient (Wildman–Crippen LogP) is 3.32. The first-order valence-corrected chi connectivity index (χ1v) is 9.91. The summed E-state index contributed by atoms with van der Waals surface area (Å²) < 4.78 is 9.78. The summed E-state index contributed by atoms with van der Waals surface area (Å²) in [4.78, 5) is 19.4. The third-order valence-corrected chi connectivity index (χ3v) is 5.55. The van der Waals surface area contributed by atoms with Crippen molar-refractivity contribution < 1.29 is 9.21 Å². The van der Waals surface area contributed by atoms with Gasteiger partial charge in [0.2, 0.25) is 11.0 Å². The quantitative estimate of drug-likeness (QED) is 0.708. The highest BCUT2D eigenvalue weighted by Crippen LogP contribution is 2.27. The fraction of sp³-hybridized carbons (Fsp3) is 0.350. The van der Waals surface area contributed by atoms with Crippen LogP contribution in [0.3, 0.4) is 0 Å². The topological polar surface area (TPSA) is 71.3 Å². The molecule has 0 spiro atoms. The third-order valence-electron chi connectivity index (χ3n) is 4.76. The van der Waals surface area contributed by atoms with Gasteiger partial charge in [0.05, 0.1) is 12.8 Å². The number of hydrogen-bond donors (Lipinski definition) is 1. The molecule has 0 aliphatic carbocycles. The Labute approximate surface area is 162 Å². The molecule has 3 heterocycles. The van der Waals surface area contributed by atoms with Gasteiger partial charge >= 0.3 is 0 Å². The SMILES string of the molecule is Cc1ccc(Cc2nsc(N3CCCC3C(=O)NCc3ccco3)n2)cc1. The van der Waals surface area contributed by atoms with Gasteiger partial charge in [0.1, 0.15) is 17.6 Å². The van der Waals surface area contributed by atoms with Gasteiger partial charge in [-0.15, -0.1) is 0 Å². The molecule has 1 aliphatic rings. The largest absolute Gasteiger partial charge is 0.467 e. The molecule has 140 valence electrons. The molecule has 7 heteroatoms. The molecule has 1 saturated heterocycles. The van der Waals surface area contributed by atoms with Crippen LogP contribution in [0, 0.1) is 6.92 Å². The minimum atomic E-state index is -0.194. The van der Waals surface area contributed by atoms with Crippen molar-refractivity contribution in [3.63, 3.8) is 0 Å². The smallest absolute Gasteiger partial charge is 0.243 e. The number of carbonyl (C=O) groups is 1. The van der Waals surface area contributed by atoms with Crippen LogP contribution in [-0.4, -0.2) is 27.9 Å². The Morgan fingerprint density at radius 2 is 2.19 bits per heavy atom. The van der Waals surface area contributed by atoms with Crippen molar-refractivity contribution in [2.45, 2.75) is 38.8 Å². The molecule has 1 N–H and O–H groups in total. The molecule has 1 fully saturated rings. The summed E-state index contributed by atoms with van der Waals surface area (Å²) in [6.07, 6.45) is 4.13. The molecule has 0 radical (unpaired) electrons. The Kier molecular flexibility index (Phi) is 5.20. The first-order valence-electron chi connectivity index (χ1n) is 9.14. The molecule has 6 nitrogen and oxygen atoms in total. The Hall–Kier alpha value is -2.67. The zero-order valence-corrected chi connectivity index (χ0v) is 16.0. The molecule has 1 unspecified atom stereocenters. The van der Waals surface area contributed by atoms with Crippen LogP contribution in [0.25, 0.3) is 0 Å². The summed E-state index contributed by atoms with van der Waals surface area (Å²) in [6.45, 7) is 3.32. The zero-order chi connectivity index (χ0) is 18.6. The van der Waals surface area contributed by atoms with E-state index >= 15 is 0 Å². The number of aromatic nitrogens is 2. The Morgan fingerprint density at radius 3 is 2.96 bits per heavy atom. The summed E-state index contributed by atoms with van der Waals surface area (Å²) in [5.74, 6) is 1.57. The lowest BCUT2D eigenvalue weighted by Gasteiger charge is -2.22. The number of nitrogens with zero attached hydrogens (tertiary/aromatic N) is 3. The van der Waals surface area contributed by atoms with Gasteiger partial charge in [0, 0.05) is 24.5 Å². The zero-order valence-electron chi connectivity index (χ0n) is 15.2. The summed E-state index contributed by atoms with van der Waals surface area (Å²) in [6, 6.07) is 11.9. The van der Waals surface area contributed by atoms with Gasteiger partial charge < -0.3 is 14.6 Å². The molecule has 1 atom stereocenters. The number of rotatable bonds is 6. The van der Waals surface area contributed by atoms with Crippen molar-refractivity contribution >= 4 is 22.6 Å². The van der Waals surface area contributed by atoms with E-state index in [9.17, 15) is 4.79 Å². The molecular formula is C20H22N4O2S. The van der Waals surface area contributed by atoms with Crippen LogP contribution in [-0.2, 0) is 17.8 Å². The lowest BCUT2D eigenvalue weighted by molar-refractivity contribution is -0.122. The first-order chi connectivity index (χ1) is 13.2. The normalized spacial score (nSPS) is 16.6. The molecule has 0 bridgehead atoms. The molecule has 3 aromatic rings. The van der Waals surface area contributed by atoms with Crippen molar-refractivity contribution in [1.29, 1.82) is 0 Å². The van der Waals surface area contributed by atoms with Crippen LogP contribution >= 0.6 is 11.5 Å². The lowest BCUT2D eigenvalue weighted by Crippen LogP contribution is -2.43. The van der Waals surface area contributed by atoms with E-state index in [0.29, 0.717) is 13.0 Å². The van der Waals surface area contributed by atoms with Crippen molar-refractivity contribution in [2.75, 3.05) is 11.4 Å². The van der Waals surface area contributed by atoms with Gasteiger partial charge in [-0.25, -0.2) is 4.98 Å². The average molecular weight is 382 g/mol. The van der Waals surface area contributed by atoms with Gasteiger partial charge in [0.25, 0.3) is 0 Å². The third kappa shape index (κ3) is 4.19. The Morgan fingerprint density at radius 1 is 1.33 bits per heavy atom. The molecule has 27 heavy (non-hydrogen) atoms. The minimum absolute atomic E-state index is 0.0131. The fourth-order valence-corrected chi connectivity index (χ4v) is 4.06. The number of benzene rings is 1. The van der Waals surface area contributed by atoms with E-state index in [1.807, 2.05) is 12.1 Å².